The van der Waals surface area contributed by atoms with Crippen LogP contribution in [0.1, 0.15) is 6.92 Å². The Morgan fingerprint density at radius 1 is 1.50 bits per heavy atom. The zero-order valence-corrected chi connectivity index (χ0v) is 7.90. The lowest BCUT2D eigenvalue weighted by Gasteiger charge is -1.87. The van der Waals surface area contributed by atoms with Crippen LogP contribution in [0.3, 0.4) is 0 Å². The summed E-state index contributed by atoms with van der Waals surface area (Å²) in [7, 11) is 0. The fraction of sp³-hybridized carbons (Fsp3) is 0.222. The van der Waals surface area contributed by atoms with Gasteiger partial charge in [0.25, 0.3) is 0 Å². The predicted octanol–water partition coefficient (Wildman–Crippen LogP) is 2.62. The summed E-state index contributed by atoms with van der Waals surface area (Å²) in [5, 5.41) is 13.1. The highest BCUT2D eigenvalue weighted by Crippen LogP contribution is 2.07. The van der Waals surface area contributed by atoms with Crippen molar-refractivity contribution in [2.24, 2.45) is 5.11 Å². The third-order valence-corrected chi connectivity index (χ3v) is 1.21. The molecule has 1 aromatic rings. The molecule has 0 aromatic heterocycles. The second-order valence-electron chi connectivity index (χ2n) is 2.28. The van der Waals surface area contributed by atoms with Crippen LogP contribution < -0.4 is 5.32 Å². The number of nitrogens with zero attached hydrogens (tertiary/aromatic N) is 1. The summed E-state index contributed by atoms with van der Waals surface area (Å²) < 4.78 is 0. The molecule has 14 heavy (non-hydrogen) atoms. The van der Waals surface area contributed by atoms with Gasteiger partial charge in [0, 0.05) is 6.54 Å². The van der Waals surface area contributed by atoms with Crippen LogP contribution in [-0.2, 0) is 0 Å². The average Bonchev–Trinajstić information content (AvgIpc) is 2.20. The molecule has 1 amide bonds. The summed E-state index contributed by atoms with van der Waals surface area (Å²) in [5.41, 5.74) is 7.27. The molecule has 0 saturated heterocycles. The number of para-hydroxylation sites is 1. The number of carboxylic acid groups (broad SMARTS) is 1. The molecule has 0 spiro atoms. The summed E-state index contributed by atoms with van der Waals surface area (Å²) >= 11 is 0. The fourth-order valence-electron chi connectivity index (χ4n) is 0.654. The van der Waals surface area contributed by atoms with Gasteiger partial charge in [-0.2, -0.15) is 5.11 Å². The minimum absolute atomic E-state index is 0.481. The molecule has 1 rings (SSSR count). The Balaban J connectivity index is 0.000000255. The third-order valence-electron chi connectivity index (χ3n) is 1.21. The highest BCUT2D eigenvalue weighted by atomic mass is 16.4. The number of benzene rings is 1. The van der Waals surface area contributed by atoms with Gasteiger partial charge in [-0.1, -0.05) is 18.2 Å². The van der Waals surface area contributed by atoms with E-state index in [-0.39, 0.29) is 0 Å². The lowest BCUT2D eigenvalue weighted by atomic mass is 10.3. The van der Waals surface area contributed by atoms with Gasteiger partial charge in [-0.05, 0) is 19.1 Å². The van der Waals surface area contributed by atoms with E-state index in [0.29, 0.717) is 12.2 Å². The van der Waals surface area contributed by atoms with E-state index < -0.39 is 6.09 Å². The lowest BCUT2D eigenvalue weighted by Crippen LogP contribution is -2.19. The topological polar surface area (TPSA) is 85.5 Å². The van der Waals surface area contributed by atoms with Crippen LogP contribution in [0.2, 0.25) is 0 Å². The molecule has 0 fully saturated rings. The summed E-state index contributed by atoms with van der Waals surface area (Å²) in [6, 6.07) is 9.18. The molecule has 0 atom stereocenters. The second kappa shape index (κ2) is 7.72. The van der Waals surface area contributed by atoms with Crippen molar-refractivity contribution in [2.45, 2.75) is 6.92 Å². The van der Waals surface area contributed by atoms with E-state index in [9.17, 15) is 4.79 Å². The van der Waals surface area contributed by atoms with Gasteiger partial charge in [0.2, 0.25) is 0 Å². The standard InChI is InChI=1S/C6H6N2.C3H7NO2/c7-8-6-4-2-1-3-5-6;1-2-4-3(5)6/h1-5,7H;4H,2H2,1H3,(H,5,6). The van der Waals surface area contributed by atoms with Crippen molar-refractivity contribution in [3.05, 3.63) is 30.3 Å². The van der Waals surface area contributed by atoms with Crippen molar-refractivity contribution in [3.63, 3.8) is 0 Å². The first kappa shape index (κ1) is 12.1. The maximum atomic E-state index is 9.49. The SMILES string of the molecule is CCNC(=O)O.N=Nc1ccccc1. The summed E-state index contributed by atoms with van der Waals surface area (Å²) in [6.45, 7) is 2.21. The minimum atomic E-state index is -0.961. The van der Waals surface area contributed by atoms with Crippen LogP contribution in [0.25, 0.3) is 0 Å². The highest BCUT2D eigenvalue weighted by molar-refractivity contribution is 5.64. The molecule has 3 N–H and O–H groups in total. The first-order valence-electron chi connectivity index (χ1n) is 4.10. The molecule has 0 aliphatic heterocycles. The minimum Gasteiger partial charge on any atom is -0.465 e. The van der Waals surface area contributed by atoms with E-state index in [0.717, 1.165) is 0 Å². The van der Waals surface area contributed by atoms with E-state index in [1.807, 2.05) is 18.2 Å². The lowest BCUT2D eigenvalue weighted by molar-refractivity contribution is 0.195. The smallest absolute Gasteiger partial charge is 0.404 e. The van der Waals surface area contributed by atoms with E-state index in [2.05, 4.69) is 10.4 Å². The Labute approximate surface area is 82.3 Å². The normalized spacial score (nSPS) is 8.07. The molecule has 0 unspecified atom stereocenters. The maximum Gasteiger partial charge on any atom is 0.404 e. The van der Waals surface area contributed by atoms with E-state index in [1.54, 1.807) is 19.1 Å². The quantitative estimate of drug-likeness (QED) is 0.633. The van der Waals surface area contributed by atoms with Crippen LogP contribution in [0, 0.1) is 5.53 Å². The van der Waals surface area contributed by atoms with Gasteiger partial charge in [0.1, 0.15) is 0 Å². The summed E-state index contributed by atoms with van der Waals surface area (Å²) in [6.07, 6.45) is -0.961. The molecule has 1 aromatic carbocycles. The van der Waals surface area contributed by atoms with E-state index in [1.165, 1.54) is 0 Å². The zero-order valence-electron chi connectivity index (χ0n) is 7.90. The summed E-state index contributed by atoms with van der Waals surface area (Å²) in [5.74, 6) is 0. The van der Waals surface area contributed by atoms with E-state index in [4.69, 9.17) is 10.6 Å². The maximum absolute atomic E-state index is 9.49. The van der Waals surface area contributed by atoms with Gasteiger partial charge in [-0.25, -0.2) is 10.3 Å². The molecule has 0 aliphatic rings. The molecule has 0 radical (unpaired) electrons. The van der Waals surface area contributed by atoms with Gasteiger partial charge in [-0.15, -0.1) is 0 Å². The first-order valence-corrected chi connectivity index (χ1v) is 4.10. The molecule has 0 bridgehead atoms. The van der Waals surface area contributed by atoms with Crippen LogP contribution in [0.15, 0.2) is 35.4 Å². The van der Waals surface area contributed by atoms with Crippen molar-refractivity contribution in [1.82, 2.24) is 5.32 Å². The van der Waals surface area contributed by atoms with Gasteiger partial charge in [-0.3, -0.25) is 0 Å². The number of hydrogen-bond acceptors (Lipinski definition) is 3. The van der Waals surface area contributed by atoms with Crippen molar-refractivity contribution in [3.8, 4) is 0 Å². The Kier molecular flexibility index (Phi) is 6.67. The van der Waals surface area contributed by atoms with Crippen molar-refractivity contribution in [1.29, 1.82) is 5.53 Å². The van der Waals surface area contributed by atoms with E-state index >= 15 is 0 Å². The molecule has 76 valence electrons. The largest absolute Gasteiger partial charge is 0.465 e. The van der Waals surface area contributed by atoms with Gasteiger partial charge >= 0.3 is 6.09 Å². The monoisotopic (exact) mass is 195 g/mol. The van der Waals surface area contributed by atoms with Crippen molar-refractivity contribution in [2.75, 3.05) is 6.54 Å². The van der Waals surface area contributed by atoms with Crippen LogP contribution >= 0.6 is 0 Å². The number of amides is 1. The van der Waals surface area contributed by atoms with Gasteiger partial charge in [0.15, 0.2) is 0 Å². The van der Waals surface area contributed by atoms with Crippen molar-refractivity contribution >= 4 is 11.8 Å². The van der Waals surface area contributed by atoms with Crippen LogP contribution in [-0.4, -0.2) is 17.7 Å². The Morgan fingerprint density at radius 2 is 2.07 bits per heavy atom. The average molecular weight is 195 g/mol. The molecular weight excluding hydrogens is 182 g/mol. The molecular formula is C9H13N3O2. The highest BCUT2D eigenvalue weighted by Gasteiger charge is 1.83. The Hall–Kier alpha value is -1.91. The Bertz CT molecular complexity index is 275. The second-order valence-corrected chi connectivity index (χ2v) is 2.28. The molecule has 0 saturated carbocycles. The number of hydrogen-bond donors (Lipinski definition) is 3. The molecule has 0 heterocycles. The third kappa shape index (κ3) is 6.78. The molecule has 5 nitrogen and oxygen atoms in total. The number of carbonyl (C=O) groups is 1. The number of rotatable bonds is 2. The number of nitrogens with one attached hydrogen (secondary N) is 2. The van der Waals surface area contributed by atoms with Gasteiger partial charge in [0.05, 0.1) is 5.69 Å². The molecule has 0 aliphatic carbocycles. The van der Waals surface area contributed by atoms with Crippen LogP contribution in [0.5, 0.6) is 0 Å². The van der Waals surface area contributed by atoms with Gasteiger partial charge < -0.3 is 10.4 Å². The fourth-order valence-corrected chi connectivity index (χ4v) is 0.654. The first-order chi connectivity index (χ1) is 6.70. The predicted molar refractivity (Wildman–Crippen MR) is 53.0 cm³/mol. The summed E-state index contributed by atoms with van der Waals surface area (Å²) in [4.78, 5) is 9.49. The van der Waals surface area contributed by atoms with Crippen LogP contribution in [0.4, 0.5) is 10.5 Å². The Morgan fingerprint density at radius 3 is 2.29 bits per heavy atom. The van der Waals surface area contributed by atoms with Crippen molar-refractivity contribution < 1.29 is 9.90 Å². The molecule has 5 heteroatoms. The zero-order chi connectivity index (χ0) is 10.8.